The Balaban J connectivity index is 1.96. The van der Waals surface area contributed by atoms with Gasteiger partial charge in [-0.15, -0.1) is 0 Å². The van der Waals surface area contributed by atoms with Gasteiger partial charge in [-0.25, -0.2) is 0 Å². The molecule has 2 N–H and O–H groups in total. The van der Waals surface area contributed by atoms with Crippen LogP contribution in [0.4, 0.5) is 0 Å². The molecule has 0 saturated heterocycles. The number of hydrogen-bond donors (Lipinski definition) is 1. The first-order chi connectivity index (χ1) is 10.6. The molecule has 0 fully saturated rings. The van der Waals surface area contributed by atoms with E-state index in [0.717, 1.165) is 11.3 Å². The summed E-state index contributed by atoms with van der Waals surface area (Å²) in [4.78, 5) is 0.289. The molecule has 0 radical (unpaired) electrons. The van der Waals surface area contributed by atoms with E-state index in [0.29, 0.717) is 30.3 Å². The van der Waals surface area contributed by atoms with E-state index in [1.54, 1.807) is 25.3 Å². The van der Waals surface area contributed by atoms with Gasteiger partial charge in [-0.1, -0.05) is 30.4 Å². The molecule has 0 atom stereocenters. The van der Waals surface area contributed by atoms with E-state index in [9.17, 15) is 0 Å². The van der Waals surface area contributed by atoms with Gasteiger partial charge in [-0.05, 0) is 30.7 Å². The molecular formula is C17H19NO3S. The van der Waals surface area contributed by atoms with Gasteiger partial charge in [0.15, 0.2) is 0 Å². The summed E-state index contributed by atoms with van der Waals surface area (Å²) >= 11 is 5.03. The molecule has 0 heterocycles. The number of thiocarbonyl (C=S) groups is 1. The zero-order valence-electron chi connectivity index (χ0n) is 12.7. The summed E-state index contributed by atoms with van der Waals surface area (Å²) in [5.74, 6) is 2.14. The summed E-state index contributed by atoms with van der Waals surface area (Å²) in [7, 11) is 1.60. The summed E-state index contributed by atoms with van der Waals surface area (Å²) in [6, 6.07) is 13.2. The van der Waals surface area contributed by atoms with Crippen LogP contribution in [0.1, 0.15) is 11.1 Å². The number of benzene rings is 2. The first-order valence-electron chi connectivity index (χ1n) is 6.91. The van der Waals surface area contributed by atoms with Crippen molar-refractivity contribution >= 4 is 17.2 Å². The van der Waals surface area contributed by atoms with Crippen molar-refractivity contribution in [1.29, 1.82) is 0 Å². The minimum absolute atomic E-state index is 0.289. The third-order valence-corrected chi connectivity index (χ3v) is 3.37. The second kappa shape index (κ2) is 7.66. The molecule has 0 amide bonds. The highest BCUT2D eigenvalue weighted by molar-refractivity contribution is 7.80. The van der Waals surface area contributed by atoms with Gasteiger partial charge in [-0.3, -0.25) is 0 Å². The maximum Gasteiger partial charge on any atom is 0.133 e. The van der Waals surface area contributed by atoms with Crippen LogP contribution in [0.2, 0.25) is 0 Å². The minimum Gasteiger partial charge on any atom is -0.497 e. The summed E-state index contributed by atoms with van der Waals surface area (Å²) in [6.45, 7) is 2.82. The van der Waals surface area contributed by atoms with Crippen molar-refractivity contribution in [3.63, 3.8) is 0 Å². The lowest BCUT2D eigenvalue weighted by Crippen LogP contribution is -2.15. The van der Waals surface area contributed by atoms with Crippen LogP contribution in [0, 0.1) is 6.92 Å². The van der Waals surface area contributed by atoms with E-state index in [4.69, 9.17) is 32.2 Å². The Morgan fingerprint density at radius 1 is 1.05 bits per heavy atom. The van der Waals surface area contributed by atoms with Gasteiger partial charge in [-0.2, -0.15) is 0 Å². The van der Waals surface area contributed by atoms with Gasteiger partial charge < -0.3 is 19.9 Å². The molecule has 0 aliphatic heterocycles. The number of para-hydroxylation sites is 1. The maximum absolute atomic E-state index is 5.73. The Hall–Kier alpha value is -2.27. The van der Waals surface area contributed by atoms with E-state index in [1.807, 2.05) is 31.2 Å². The summed E-state index contributed by atoms with van der Waals surface area (Å²) in [5.41, 5.74) is 7.48. The van der Waals surface area contributed by atoms with Gasteiger partial charge >= 0.3 is 0 Å². The molecule has 4 nitrogen and oxygen atoms in total. The molecule has 0 aromatic heterocycles. The van der Waals surface area contributed by atoms with Crippen molar-refractivity contribution in [2.45, 2.75) is 6.92 Å². The van der Waals surface area contributed by atoms with Crippen LogP contribution in [-0.2, 0) is 0 Å². The van der Waals surface area contributed by atoms with Crippen molar-refractivity contribution in [1.82, 2.24) is 0 Å². The summed E-state index contributed by atoms with van der Waals surface area (Å²) < 4.78 is 16.6. The lowest BCUT2D eigenvalue weighted by molar-refractivity contribution is 0.215. The van der Waals surface area contributed by atoms with Crippen molar-refractivity contribution in [3.8, 4) is 17.2 Å². The molecule has 0 aliphatic carbocycles. The predicted molar refractivity (Wildman–Crippen MR) is 91.1 cm³/mol. The number of nitrogens with two attached hydrogens (primary N) is 1. The van der Waals surface area contributed by atoms with Crippen LogP contribution < -0.4 is 19.9 Å². The number of hydrogen-bond acceptors (Lipinski definition) is 4. The van der Waals surface area contributed by atoms with E-state index in [2.05, 4.69) is 0 Å². The molecule has 0 unspecified atom stereocenters. The Kier molecular flexibility index (Phi) is 5.61. The molecule has 0 bridgehead atoms. The van der Waals surface area contributed by atoms with Crippen molar-refractivity contribution < 1.29 is 14.2 Å². The van der Waals surface area contributed by atoms with Gasteiger partial charge in [0.2, 0.25) is 0 Å². The number of aryl methyl sites for hydroxylation is 1. The normalized spacial score (nSPS) is 10.1. The van der Waals surface area contributed by atoms with E-state index in [-0.39, 0.29) is 4.99 Å². The Morgan fingerprint density at radius 2 is 1.73 bits per heavy atom. The second-order valence-corrected chi connectivity index (χ2v) is 5.13. The first kappa shape index (κ1) is 16.1. The monoisotopic (exact) mass is 317 g/mol. The largest absolute Gasteiger partial charge is 0.497 e. The number of ether oxygens (including phenoxy) is 3. The lowest BCUT2D eigenvalue weighted by atomic mass is 10.2. The van der Waals surface area contributed by atoms with Gasteiger partial charge in [0.05, 0.1) is 12.7 Å². The van der Waals surface area contributed by atoms with Crippen LogP contribution >= 0.6 is 12.2 Å². The molecule has 2 aromatic rings. The molecule has 5 heteroatoms. The highest BCUT2D eigenvalue weighted by Gasteiger charge is 2.08. The number of methoxy groups -OCH3 is 1. The van der Waals surface area contributed by atoms with Crippen molar-refractivity contribution in [2.75, 3.05) is 20.3 Å². The quantitative estimate of drug-likeness (QED) is 0.628. The predicted octanol–water partition coefficient (Wildman–Crippen LogP) is 3.10. The second-order valence-electron chi connectivity index (χ2n) is 4.69. The van der Waals surface area contributed by atoms with E-state index < -0.39 is 0 Å². The fraction of sp³-hybridized carbons (Fsp3) is 0.235. The molecule has 0 aliphatic rings. The summed E-state index contributed by atoms with van der Waals surface area (Å²) in [6.07, 6.45) is 0. The SMILES string of the molecule is COc1ccc(C(N)=S)c(OCCOc2ccccc2C)c1. The average Bonchev–Trinajstić information content (AvgIpc) is 2.52. The fourth-order valence-corrected chi connectivity index (χ4v) is 2.14. The van der Waals surface area contributed by atoms with Crippen molar-refractivity contribution in [3.05, 3.63) is 53.6 Å². The molecule has 0 spiro atoms. The molecule has 22 heavy (non-hydrogen) atoms. The molecule has 116 valence electrons. The lowest BCUT2D eigenvalue weighted by Gasteiger charge is -2.13. The van der Waals surface area contributed by atoms with E-state index >= 15 is 0 Å². The fourth-order valence-electron chi connectivity index (χ4n) is 1.97. The van der Waals surface area contributed by atoms with Crippen LogP contribution in [0.15, 0.2) is 42.5 Å². The van der Waals surface area contributed by atoms with Gasteiger partial charge in [0.1, 0.15) is 35.5 Å². The first-order valence-corrected chi connectivity index (χ1v) is 7.31. The van der Waals surface area contributed by atoms with E-state index in [1.165, 1.54) is 0 Å². The topological polar surface area (TPSA) is 53.7 Å². The Bertz CT molecular complexity index is 658. The van der Waals surface area contributed by atoms with Crippen LogP contribution in [0.25, 0.3) is 0 Å². The highest BCUT2D eigenvalue weighted by Crippen LogP contribution is 2.25. The molecule has 2 aromatic carbocycles. The van der Waals surface area contributed by atoms with Crippen LogP contribution in [-0.4, -0.2) is 25.3 Å². The smallest absolute Gasteiger partial charge is 0.133 e. The highest BCUT2D eigenvalue weighted by atomic mass is 32.1. The third-order valence-electron chi connectivity index (χ3n) is 3.15. The standard InChI is InChI=1S/C17H19NO3S/c1-12-5-3-4-6-15(12)20-9-10-21-16-11-13(19-2)7-8-14(16)17(18)22/h3-8,11H,9-10H2,1-2H3,(H2,18,22). The molecule has 0 saturated carbocycles. The summed E-state index contributed by atoms with van der Waals surface area (Å²) in [5, 5.41) is 0. The number of rotatable bonds is 7. The van der Waals surface area contributed by atoms with Crippen LogP contribution in [0.5, 0.6) is 17.2 Å². The van der Waals surface area contributed by atoms with Gasteiger partial charge in [0.25, 0.3) is 0 Å². The Morgan fingerprint density at radius 3 is 2.36 bits per heavy atom. The molecule has 2 rings (SSSR count). The van der Waals surface area contributed by atoms with Crippen LogP contribution in [0.3, 0.4) is 0 Å². The average molecular weight is 317 g/mol. The molecular weight excluding hydrogens is 298 g/mol. The van der Waals surface area contributed by atoms with Gasteiger partial charge in [0, 0.05) is 6.07 Å². The maximum atomic E-state index is 5.73. The Labute approximate surface area is 135 Å². The zero-order valence-corrected chi connectivity index (χ0v) is 13.5. The minimum atomic E-state index is 0.289. The third kappa shape index (κ3) is 4.11. The van der Waals surface area contributed by atoms with Crippen molar-refractivity contribution in [2.24, 2.45) is 5.73 Å². The zero-order chi connectivity index (χ0) is 15.9.